The molecule has 0 spiro atoms. The molecule has 9 nitrogen and oxygen atoms in total. The van der Waals surface area contributed by atoms with Crippen molar-refractivity contribution in [2.75, 3.05) is 23.6 Å². The first-order valence-electron chi connectivity index (χ1n) is 9.00. The van der Waals surface area contributed by atoms with Crippen molar-refractivity contribution in [2.45, 2.75) is 6.42 Å². The SMILES string of the molecule is O=C1NC(=O)c2cc(NC(=O)C3CC(=O)N(c4ccc5c(c4)OCO5)C3)ccc21. The molecule has 0 aromatic heterocycles. The Morgan fingerprint density at radius 3 is 2.66 bits per heavy atom. The van der Waals surface area contributed by atoms with E-state index in [0.29, 0.717) is 22.9 Å². The number of nitrogens with zero attached hydrogens (tertiary/aromatic N) is 1. The van der Waals surface area contributed by atoms with Gasteiger partial charge in [0.25, 0.3) is 11.8 Å². The standard InChI is InChI=1S/C20H15N3O6/c24-17-5-10(8-23(17)12-2-4-15-16(7-12)29-9-28-15)18(25)21-11-1-3-13-14(6-11)20(27)22-19(13)26/h1-4,6-7,10H,5,8-9H2,(H,21,25)(H,22,26,27). The first-order chi connectivity index (χ1) is 14.0. The molecule has 0 aliphatic carbocycles. The molecule has 0 saturated carbocycles. The maximum atomic E-state index is 12.7. The molecule has 3 heterocycles. The van der Waals surface area contributed by atoms with Crippen molar-refractivity contribution in [3.63, 3.8) is 0 Å². The Balaban J connectivity index is 1.30. The van der Waals surface area contributed by atoms with Gasteiger partial charge >= 0.3 is 0 Å². The van der Waals surface area contributed by atoms with E-state index < -0.39 is 17.7 Å². The fourth-order valence-electron chi connectivity index (χ4n) is 3.68. The number of imide groups is 1. The van der Waals surface area contributed by atoms with Crippen LogP contribution in [0, 0.1) is 5.92 Å². The largest absolute Gasteiger partial charge is 0.454 e. The van der Waals surface area contributed by atoms with Gasteiger partial charge in [-0.15, -0.1) is 0 Å². The van der Waals surface area contributed by atoms with Crippen LogP contribution < -0.4 is 25.0 Å². The average Bonchev–Trinajstić information content (AvgIpc) is 3.39. The number of nitrogens with one attached hydrogen (secondary N) is 2. The second-order valence-corrected chi connectivity index (χ2v) is 6.98. The topological polar surface area (TPSA) is 114 Å². The third-order valence-electron chi connectivity index (χ3n) is 5.17. The van der Waals surface area contributed by atoms with E-state index in [2.05, 4.69) is 10.6 Å². The van der Waals surface area contributed by atoms with Crippen molar-refractivity contribution in [1.82, 2.24) is 5.32 Å². The number of rotatable bonds is 3. The van der Waals surface area contributed by atoms with Crippen molar-refractivity contribution in [3.05, 3.63) is 47.5 Å². The van der Waals surface area contributed by atoms with Crippen LogP contribution in [0.4, 0.5) is 11.4 Å². The highest BCUT2D eigenvalue weighted by molar-refractivity contribution is 6.22. The lowest BCUT2D eigenvalue weighted by molar-refractivity contribution is -0.122. The summed E-state index contributed by atoms with van der Waals surface area (Å²) in [4.78, 5) is 50.1. The fraction of sp³-hybridized carbons (Fsp3) is 0.200. The lowest BCUT2D eigenvalue weighted by Crippen LogP contribution is -2.28. The summed E-state index contributed by atoms with van der Waals surface area (Å²) >= 11 is 0. The van der Waals surface area contributed by atoms with Gasteiger partial charge in [0.1, 0.15) is 0 Å². The number of ether oxygens (including phenoxy) is 2. The minimum Gasteiger partial charge on any atom is -0.454 e. The van der Waals surface area contributed by atoms with Crippen molar-refractivity contribution in [2.24, 2.45) is 5.92 Å². The molecule has 2 aromatic carbocycles. The Labute approximate surface area is 164 Å². The smallest absolute Gasteiger partial charge is 0.259 e. The molecule has 2 N–H and O–H groups in total. The van der Waals surface area contributed by atoms with E-state index in [-0.39, 0.29) is 42.7 Å². The molecule has 1 unspecified atom stereocenters. The molecular formula is C20H15N3O6. The van der Waals surface area contributed by atoms with Crippen molar-refractivity contribution < 1.29 is 28.7 Å². The fourth-order valence-corrected chi connectivity index (χ4v) is 3.68. The minimum absolute atomic E-state index is 0.0736. The Morgan fingerprint density at radius 2 is 1.79 bits per heavy atom. The Kier molecular flexibility index (Phi) is 3.76. The quantitative estimate of drug-likeness (QED) is 0.760. The van der Waals surface area contributed by atoms with Crippen LogP contribution in [-0.2, 0) is 9.59 Å². The number of fused-ring (bicyclic) bond motifs is 2. The van der Waals surface area contributed by atoms with E-state index in [4.69, 9.17) is 9.47 Å². The number of benzene rings is 2. The summed E-state index contributed by atoms with van der Waals surface area (Å²) in [5, 5.41) is 4.93. The zero-order valence-electron chi connectivity index (χ0n) is 15.1. The summed E-state index contributed by atoms with van der Waals surface area (Å²) in [5.74, 6) is -0.802. The number of carbonyl (C=O) groups is 4. The van der Waals surface area contributed by atoms with E-state index in [1.165, 1.54) is 12.1 Å². The van der Waals surface area contributed by atoms with Gasteiger partial charge < -0.3 is 19.7 Å². The second-order valence-electron chi connectivity index (χ2n) is 6.98. The van der Waals surface area contributed by atoms with Gasteiger partial charge in [-0.2, -0.15) is 0 Å². The summed E-state index contributed by atoms with van der Waals surface area (Å²) < 4.78 is 10.6. The molecule has 0 bridgehead atoms. The van der Waals surface area contributed by atoms with Crippen LogP contribution in [0.5, 0.6) is 11.5 Å². The van der Waals surface area contributed by atoms with E-state index in [1.807, 2.05) is 0 Å². The van der Waals surface area contributed by atoms with Crippen molar-refractivity contribution in [3.8, 4) is 11.5 Å². The third-order valence-corrected chi connectivity index (χ3v) is 5.17. The van der Waals surface area contributed by atoms with Gasteiger partial charge in [0.2, 0.25) is 18.6 Å². The van der Waals surface area contributed by atoms with E-state index in [0.717, 1.165) is 0 Å². The summed E-state index contributed by atoms with van der Waals surface area (Å²) in [6.07, 6.45) is 0.0736. The molecular weight excluding hydrogens is 378 g/mol. The van der Waals surface area contributed by atoms with Gasteiger partial charge in [-0.3, -0.25) is 24.5 Å². The van der Waals surface area contributed by atoms with E-state index in [9.17, 15) is 19.2 Å². The van der Waals surface area contributed by atoms with Crippen LogP contribution in [0.2, 0.25) is 0 Å². The van der Waals surface area contributed by atoms with Crippen LogP contribution in [0.25, 0.3) is 0 Å². The third kappa shape index (κ3) is 2.87. The van der Waals surface area contributed by atoms with Crippen LogP contribution in [0.3, 0.4) is 0 Å². The summed E-state index contributed by atoms with van der Waals surface area (Å²) in [6.45, 7) is 0.371. The molecule has 9 heteroatoms. The van der Waals surface area contributed by atoms with Gasteiger partial charge in [0.15, 0.2) is 11.5 Å². The summed E-state index contributed by atoms with van der Waals surface area (Å²) in [7, 11) is 0. The first-order valence-corrected chi connectivity index (χ1v) is 9.00. The molecule has 146 valence electrons. The molecule has 1 saturated heterocycles. The number of amides is 4. The average molecular weight is 393 g/mol. The predicted octanol–water partition coefficient (Wildman–Crippen LogP) is 1.29. The number of hydrogen-bond donors (Lipinski definition) is 2. The zero-order chi connectivity index (χ0) is 20.1. The van der Waals surface area contributed by atoms with E-state index in [1.54, 1.807) is 29.2 Å². The highest BCUT2D eigenvalue weighted by Gasteiger charge is 2.36. The van der Waals surface area contributed by atoms with Crippen LogP contribution >= 0.6 is 0 Å². The second kappa shape index (κ2) is 6.33. The van der Waals surface area contributed by atoms with Crippen molar-refractivity contribution in [1.29, 1.82) is 0 Å². The van der Waals surface area contributed by atoms with Gasteiger partial charge in [-0.1, -0.05) is 0 Å². The highest BCUT2D eigenvalue weighted by Crippen LogP contribution is 2.37. The molecule has 3 aliphatic rings. The molecule has 1 atom stereocenters. The molecule has 5 rings (SSSR count). The molecule has 3 aliphatic heterocycles. The van der Waals surface area contributed by atoms with Gasteiger partial charge in [-0.25, -0.2) is 0 Å². The molecule has 0 radical (unpaired) electrons. The lowest BCUT2D eigenvalue weighted by atomic mass is 10.1. The van der Waals surface area contributed by atoms with Crippen LogP contribution in [-0.4, -0.2) is 37.0 Å². The Hall–Kier alpha value is -3.88. The Morgan fingerprint density at radius 1 is 1.00 bits per heavy atom. The maximum absolute atomic E-state index is 12.7. The number of hydrogen-bond acceptors (Lipinski definition) is 6. The normalized spacial score (nSPS) is 19.4. The van der Waals surface area contributed by atoms with Crippen LogP contribution in [0.1, 0.15) is 27.1 Å². The number of anilines is 2. The first kappa shape index (κ1) is 17.2. The number of carbonyl (C=O) groups excluding carboxylic acids is 4. The summed E-state index contributed by atoms with van der Waals surface area (Å²) in [6, 6.07) is 9.71. The van der Waals surface area contributed by atoms with Crippen LogP contribution in [0.15, 0.2) is 36.4 Å². The van der Waals surface area contributed by atoms with Gasteiger partial charge in [0.05, 0.1) is 17.0 Å². The maximum Gasteiger partial charge on any atom is 0.259 e. The van der Waals surface area contributed by atoms with Gasteiger partial charge in [-0.05, 0) is 30.3 Å². The zero-order valence-corrected chi connectivity index (χ0v) is 15.1. The highest BCUT2D eigenvalue weighted by atomic mass is 16.7. The van der Waals surface area contributed by atoms with E-state index >= 15 is 0 Å². The summed E-state index contributed by atoms with van der Waals surface area (Å²) in [5.41, 5.74) is 1.53. The van der Waals surface area contributed by atoms with Gasteiger partial charge in [0, 0.05) is 30.4 Å². The monoisotopic (exact) mass is 393 g/mol. The molecule has 2 aromatic rings. The lowest BCUT2D eigenvalue weighted by Gasteiger charge is -2.17. The molecule has 29 heavy (non-hydrogen) atoms. The Bertz CT molecular complexity index is 1100. The molecule has 1 fully saturated rings. The minimum atomic E-state index is -0.545. The van der Waals surface area contributed by atoms with Crippen molar-refractivity contribution >= 4 is 35.0 Å². The molecule has 4 amide bonds. The predicted molar refractivity (Wildman–Crippen MR) is 99.9 cm³/mol.